The van der Waals surface area contributed by atoms with Crippen molar-refractivity contribution in [2.24, 2.45) is 5.41 Å². The lowest BCUT2D eigenvalue weighted by Crippen LogP contribution is -2.71. The molecule has 2 fully saturated rings. The second-order valence-corrected chi connectivity index (χ2v) is 13.4. The SMILES string of the molecule is COCCNS(=O)(=O)c1ccc(O)c(-c2nc3cc(C(=O)Nc4ccc(CCN5CC6(CN(C)C6)C5)cc4)ccc3[nH]2)c1. The predicted octanol–water partition coefficient (Wildman–Crippen LogP) is 2.90. The lowest BCUT2D eigenvalue weighted by Gasteiger charge is -2.59. The van der Waals surface area contributed by atoms with E-state index in [1.807, 2.05) is 12.1 Å². The molecule has 0 aliphatic carbocycles. The Balaban J connectivity index is 1.09. The largest absolute Gasteiger partial charge is 0.507 e. The Hall–Kier alpha value is -3.81. The zero-order valence-electron chi connectivity index (χ0n) is 24.3. The summed E-state index contributed by atoms with van der Waals surface area (Å²) in [5.41, 5.74) is 4.28. The minimum atomic E-state index is -3.81. The third-order valence-corrected chi connectivity index (χ3v) is 9.59. The van der Waals surface area contributed by atoms with Crippen molar-refractivity contribution in [1.82, 2.24) is 24.5 Å². The number of aromatic amines is 1. The summed E-state index contributed by atoms with van der Waals surface area (Å²) in [5.74, 6) is -0.118. The number of benzene rings is 3. The first-order chi connectivity index (χ1) is 20.6. The lowest BCUT2D eigenvalue weighted by molar-refractivity contribution is -0.103. The van der Waals surface area contributed by atoms with E-state index in [0.717, 1.165) is 13.0 Å². The van der Waals surface area contributed by atoms with Crippen LogP contribution in [0.4, 0.5) is 5.69 Å². The van der Waals surface area contributed by atoms with E-state index in [1.54, 1.807) is 18.2 Å². The molecule has 0 unspecified atom stereocenters. The van der Waals surface area contributed by atoms with Crippen LogP contribution in [0.5, 0.6) is 5.75 Å². The number of carbonyl (C=O) groups is 1. The maximum Gasteiger partial charge on any atom is 0.255 e. The first-order valence-corrected chi connectivity index (χ1v) is 15.7. The van der Waals surface area contributed by atoms with E-state index in [1.165, 1.54) is 57.1 Å². The van der Waals surface area contributed by atoms with Crippen LogP contribution in [-0.2, 0) is 21.2 Å². The van der Waals surface area contributed by atoms with Crippen molar-refractivity contribution in [3.63, 3.8) is 0 Å². The standard InChI is InChI=1S/C31H36N6O5S/c1-36-17-31(18-36)19-37(20-31)13-11-21-3-6-23(7-4-21)33-30(39)22-5-9-26-27(15-22)35-29(34-26)25-16-24(8-10-28(25)38)43(40,41)32-12-14-42-2/h3-10,15-16,32,38H,11-14,17-20H2,1-2H3,(H,33,39)(H,34,35). The molecule has 3 heterocycles. The summed E-state index contributed by atoms with van der Waals surface area (Å²) >= 11 is 0. The molecule has 11 nitrogen and oxygen atoms in total. The Labute approximate surface area is 250 Å². The number of hydrogen-bond acceptors (Lipinski definition) is 8. The zero-order valence-corrected chi connectivity index (χ0v) is 25.1. The molecule has 0 bridgehead atoms. The van der Waals surface area contributed by atoms with Crippen molar-refractivity contribution in [2.75, 3.05) is 65.3 Å². The second kappa shape index (κ2) is 11.7. The number of carbonyl (C=O) groups excluding carboxylic acids is 1. The highest BCUT2D eigenvalue weighted by molar-refractivity contribution is 7.89. The minimum Gasteiger partial charge on any atom is -0.507 e. The highest BCUT2D eigenvalue weighted by Gasteiger charge is 2.49. The van der Waals surface area contributed by atoms with Crippen LogP contribution in [0.3, 0.4) is 0 Å². The van der Waals surface area contributed by atoms with Crippen molar-refractivity contribution in [1.29, 1.82) is 0 Å². The van der Waals surface area contributed by atoms with Gasteiger partial charge in [-0.3, -0.25) is 4.79 Å². The van der Waals surface area contributed by atoms with Gasteiger partial charge in [0.2, 0.25) is 10.0 Å². The Kier molecular flexibility index (Phi) is 7.96. The van der Waals surface area contributed by atoms with Crippen LogP contribution in [0.1, 0.15) is 15.9 Å². The number of fused-ring (bicyclic) bond motifs is 1. The molecular formula is C31H36N6O5S. The number of nitrogens with zero attached hydrogens (tertiary/aromatic N) is 3. The van der Waals surface area contributed by atoms with Gasteiger partial charge in [-0.05, 0) is 67.6 Å². The van der Waals surface area contributed by atoms with Crippen molar-refractivity contribution in [3.8, 4) is 17.1 Å². The number of phenols is 1. The number of hydrogen-bond donors (Lipinski definition) is 4. The number of H-pyrrole nitrogens is 1. The van der Waals surface area contributed by atoms with Gasteiger partial charge in [-0.25, -0.2) is 18.1 Å². The molecule has 6 rings (SSSR count). The Morgan fingerprint density at radius 2 is 1.84 bits per heavy atom. The van der Waals surface area contributed by atoms with E-state index in [-0.39, 0.29) is 41.1 Å². The molecule has 3 aromatic carbocycles. The minimum absolute atomic E-state index is 0.0152. The van der Waals surface area contributed by atoms with Gasteiger partial charge in [-0.1, -0.05) is 12.1 Å². The van der Waals surface area contributed by atoms with Crippen LogP contribution in [0.2, 0.25) is 0 Å². The van der Waals surface area contributed by atoms with Gasteiger partial charge in [0.1, 0.15) is 11.6 Å². The molecule has 0 atom stereocenters. The molecule has 0 saturated carbocycles. The summed E-state index contributed by atoms with van der Waals surface area (Å²) < 4.78 is 32.7. The Morgan fingerprint density at radius 3 is 2.56 bits per heavy atom. The topological polar surface area (TPSA) is 140 Å². The van der Waals surface area contributed by atoms with E-state index in [9.17, 15) is 18.3 Å². The second-order valence-electron chi connectivity index (χ2n) is 11.7. The normalized spacial score (nSPS) is 16.7. The number of imidazole rings is 1. The fourth-order valence-corrected chi connectivity index (χ4v) is 7.15. The number of methoxy groups -OCH3 is 1. The Morgan fingerprint density at radius 1 is 1.07 bits per heavy atom. The van der Waals surface area contributed by atoms with Gasteiger partial charge in [0.05, 0.1) is 28.1 Å². The quantitative estimate of drug-likeness (QED) is 0.192. The van der Waals surface area contributed by atoms with E-state index in [2.05, 4.69) is 49.0 Å². The highest BCUT2D eigenvalue weighted by atomic mass is 32.2. The average molecular weight is 605 g/mol. The third kappa shape index (κ3) is 6.29. The molecule has 43 heavy (non-hydrogen) atoms. The summed E-state index contributed by atoms with van der Waals surface area (Å²) in [7, 11) is -0.149. The Bertz CT molecular complexity index is 1740. The molecule has 1 aromatic heterocycles. The molecule has 0 radical (unpaired) electrons. The van der Waals surface area contributed by atoms with Gasteiger partial charge < -0.3 is 29.9 Å². The first kappa shape index (κ1) is 29.3. The van der Waals surface area contributed by atoms with Crippen molar-refractivity contribution in [2.45, 2.75) is 11.3 Å². The molecular weight excluding hydrogens is 568 g/mol. The molecule has 12 heteroatoms. The fraction of sp³-hybridized carbons (Fsp3) is 0.355. The molecule has 226 valence electrons. The molecule has 1 amide bonds. The number of aromatic hydroxyl groups is 1. The van der Waals surface area contributed by atoms with Crippen LogP contribution in [0, 0.1) is 5.41 Å². The van der Waals surface area contributed by atoms with E-state index in [4.69, 9.17) is 4.74 Å². The van der Waals surface area contributed by atoms with Crippen LogP contribution in [-0.4, -0.2) is 99.2 Å². The predicted molar refractivity (Wildman–Crippen MR) is 165 cm³/mol. The molecule has 2 aliphatic rings. The molecule has 2 saturated heterocycles. The highest BCUT2D eigenvalue weighted by Crippen LogP contribution is 2.38. The van der Waals surface area contributed by atoms with E-state index < -0.39 is 10.0 Å². The molecule has 2 aliphatic heterocycles. The van der Waals surface area contributed by atoms with Gasteiger partial charge >= 0.3 is 0 Å². The van der Waals surface area contributed by atoms with Crippen LogP contribution in [0.25, 0.3) is 22.4 Å². The number of phenolic OH excluding ortho intramolecular Hbond substituents is 1. The number of rotatable bonds is 11. The number of sulfonamides is 1. The van der Waals surface area contributed by atoms with Gasteiger partial charge in [-0.2, -0.15) is 0 Å². The number of nitrogens with one attached hydrogen (secondary N) is 3. The average Bonchev–Trinajstić information content (AvgIpc) is 3.38. The van der Waals surface area contributed by atoms with Gasteiger partial charge in [0.15, 0.2) is 0 Å². The van der Waals surface area contributed by atoms with Gasteiger partial charge in [0.25, 0.3) is 5.91 Å². The van der Waals surface area contributed by atoms with Crippen LogP contribution in [0.15, 0.2) is 65.6 Å². The van der Waals surface area contributed by atoms with Crippen molar-refractivity contribution in [3.05, 3.63) is 71.8 Å². The number of amides is 1. The summed E-state index contributed by atoms with van der Waals surface area (Å²) in [6.07, 6.45) is 0.979. The number of anilines is 1. The maximum atomic E-state index is 13.0. The smallest absolute Gasteiger partial charge is 0.255 e. The number of aromatic nitrogens is 2. The van der Waals surface area contributed by atoms with Gasteiger partial charge in [0, 0.05) is 63.0 Å². The summed E-state index contributed by atoms with van der Waals surface area (Å²) in [6, 6.07) is 17.0. The molecule has 4 N–H and O–H groups in total. The monoisotopic (exact) mass is 604 g/mol. The van der Waals surface area contributed by atoms with Crippen LogP contribution < -0.4 is 10.0 Å². The lowest BCUT2D eigenvalue weighted by atomic mass is 9.73. The van der Waals surface area contributed by atoms with Gasteiger partial charge in [-0.15, -0.1) is 0 Å². The zero-order chi connectivity index (χ0) is 30.2. The van der Waals surface area contributed by atoms with Crippen molar-refractivity contribution < 1.29 is 23.1 Å². The number of likely N-dealkylation sites (tertiary alicyclic amines) is 2. The summed E-state index contributed by atoms with van der Waals surface area (Å²) in [6.45, 7) is 6.20. The van der Waals surface area contributed by atoms with Crippen molar-refractivity contribution >= 4 is 32.7 Å². The van der Waals surface area contributed by atoms with Crippen LogP contribution >= 0.6 is 0 Å². The summed E-state index contributed by atoms with van der Waals surface area (Å²) in [5, 5.41) is 13.4. The molecule has 4 aromatic rings. The number of ether oxygens (including phenoxy) is 1. The fourth-order valence-electron chi connectivity index (χ4n) is 6.11. The van der Waals surface area contributed by atoms with E-state index >= 15 is 0 Å². The molecule has 1 spiro atoms. The maximum absolute atomic E-state index is 13.0. The third-order valence-electron chi connectivity index (χ3n) is 8.13. The summed E-state index contributed by atoms with van der Waals surface area (Å²) in [4.78, 5) is 25.5. The first-order valence-electron chi connectivity index (χ1n) is 14.3. The van der Waals surface area contributed by atoms with E-state index in [0.29, 0.717) is 27.7 Å².